The summed E-state index contributed by atoms with van der Waals surface area (Å²) in [5.41, 5.74) is 2.65. The zero-order valence-electron chi connectivity index (χ0n) is 16.8. The maximum Gasteiger partial charge on any atom is 0.325 e. The van der Waals surface area contributed by atoms with E-state index in [1.807, 2.05) is 24.3 Å². The molecule has 3 amide bonds. The summed E-state index contributed by atoms with van der Waals surface area (Å²) in [4.78, 5) is 28.6. The molecule has 2 aromatic carbocycles. The van der Waals surface area contributed by atoms with E-state index in [4.69, 9.17) is 9.47 Å². The van der Waals surface area contributed by atoms with Crippen LogP contribution in [-0.2, 0) is 11.2 Å². The summed E-state index contributed by atoms with van der Waals surface area (Å²) in [6, 6.07) is 12.4. The third kappa shape index (κ3) is 5.34. The van der Waals surface area contributed by atoms with Crippen LogP contribution in [0.15, 0.2) is 47.6 Å². The molecule has 10 heteroatoms. The molecule has 0 bridgehead atoms. The van der Waals surface area contributed by atoms with Crippen molar-refractivity contribution in [2.45, 2.75) is 18.5 Å². The Kier molecular flexibility index (Phi) is 6.37. The molecular formula is C21H21N5O4S. The van der Waals surface area contributed by atoms with Crippen molar-refractivity contribution in [3.63, 3.8) is 0 Å². The number of aryl methyl sites for hydroxylation is 1. The molecule has 0 fully saturated rings. The molecular weight excluding hydrogens is 418 g/mol. The predicted octanol–water partition coefficient (Wildman–Crippen LogP) is 3.25. The number of nitrogens with one attached hydrogen (secondary N) is 3. The van der Waals surface area contributed by atoms with E-state index in [0.717, 1.165) is 23.7 Å². The maximum atomic E-state index is 12.1. The number of amides is 3. The van der Waals surface area contributed by atoms with Crippen LogP contribution in [0, 0.1) is 0 Å². The molecule has 1 aromatic heterocycles. The van der Waals surface area contributed by atoms with E-state index in [9.17, 15) is 9.59 Å². The van der Waals surface area contributed by atoms with Crippen LogP contribution in [0.5, 0.6) is 11.5 Å². The summed E-state index contributed by atoms with van der Waals surface area (Å²) in [5, 5.41) is 12.3. The molecule has 2 heterocycles. The van der Waals surface area contributed by atoms with E-state index in [-0.39, 0.29) is 5.75 Å². The summed E-state index contributed by atoms with van der Waals surface area (Å²) in [7, 11) is 0. The number of fused-ring (bicyclic) bond motifs is 1. The van der Waals surface area contributed by atoms with Gasteiger partial charge in [0.15, 0.2) is 17.3 Å². The van der Waals surface area contributed by atoms with E-state index in [2.05, 4.69) is 32.7 Å². The number of carbonyl (C=O) groups excluding carboxylic acids is 2. The third-order valence-corrected chi connectivity index (χ3v) is 5.33. The number of carbonyl (C=O) groups is 2. The quantitative estimate of drug-likeness (QED) is 0.505. The number of aromatic amines is 1. The molecule has 0 atom stereocenters. The van der Waals surface area contributed by atoms with Crippen molar-refractivity contribution in [2.75, 3.05) is 24.3 Å². The van der Waals surface area contributed by atoms with Crippen molar-refractivity contribution in [1.29, 1.82) is 0 Å². The normalized spacial score (nSPS) is 12.3. The largest absolute Gasteiger partial charge is 0.486 e. The van der Waals surface area contributed by atoms with Gasteiger partial charge in [-0.1, -0.05) is 43.0 Å². The Morgan fingerprint density at radius 1 is 1.10 bits per heavy atom. The zero-order chi connectivity index (χ0) is 21.6. The lowest BCUT2D eigenvalue weighted by atomic mass is 10.1. The minimum atomic E-state index is -0.631. The van der Waals surface area contributed by atoms with E-state index in [1.165, 1.54) is 5.56 Å². The molecule has 1 aliphatic heterocycles. The van der Waals surface area contributed by atoms with Gasteiger partial charge in [-0.3, -0.25) is 15.2 Å². The number of nitrogens with zero attached hydrogens (tertiary/aromatic N) is 2. The highest BCUT2D eigenvalue weighted by molar-refractivity contribution is 7.99. The van der Waals surface area contributed by atoms with Gasteiger partial charge in [-0.25, -0.2) is 9.78 Å². The number of thioether (sulfide) groups is 1. The van der Waals surface area contributed by atoms with Gasteiger partial charge in [-0.15, -0.1) is 5.10 Å². The van der Waals surface area contributed by atoms with E-state index in [1.54, 1.807) is 18.2 Å². The number of imide groups is 1. The number of urea groups is 1. The molecule has 3 N–H and O–H groups in total. The lowest BCUT2D eigenvalue weighted by molar-refractivity contribution is -0.117. The second kappa shape index (κ2) is 9.52. The number of H-pyrrole nitrogens is 1. The van der Waals surface area contributed by atoms with Crippen molar-refractivity contribution in [1.82, 2.24) is 20.5 Å². The number of anilines is 1. The maximum absolute atomic E-state index is 12.1. The van der Waals surface area contributed by atoms with Crippen molar-refractivity contribution in [2.24, 2.45) is 0 Å². The number of aromatic nitrogens is 3. The summed E-state index contributed by atoms with van der Waals surface area (Å²) >= 11 is 1.14. The fourth-order valence-electron chi connectivity index (χ4n) is 2.91. The van der Waals surface area contributed by atoms with Crippen LogP contribution in [0.2, 0.25) is 0 Å². The first kappa shape index (κ1) is 20.7. The van der Waals surface area contributed by atoms with Gasteiger partial charge >= 0.3 is 6.03 Å². The Labute approximate surface area is 182 Å². The number of hydrogen-bond donors (Lipinski definition) is 3. The summed E-state index contributed by atoms with van der Waals surface area (Å²) in [5.74, 6) is 1.34. The van der Waals surface area contributed by atoms with Crippen molar-refractivity contribution in [3.8, 4) is 22.9 Å². The van der Waals surface area contributed by atoms with Gasteiger partial charge in [-0.2, -0.15) is 0 Å². The minimum Gasteiger partial charge on any atom is -0.486 e. The molecule has 9 nitrogen and oxygen atoms in total. The first-order valence-electron chi connectivity index (χ1n) is 9.75. The molecule has 0 saturated carbocycles. The lowest BCUT2D eigenvalue weighted by Gasteiger charge is -2.19. The number of hydrogen-bond acceptors (Lipinski definition) is 7. The average molecular weight is 439 g/mol. The second-order valence-electron chi connectivity index (χ2n) is 6.67. The van der Waals surface area contributed by atoms with E-state index >= 15 is 0 Å². The molecule has 1 aliphatic rings. The predicted molar refractivity (Wildman–Crippen MR) is 117 cm³/mol. The molecule has 0 unspecified atom stereocenters. The molecule has 0 aliphatic carbocycles. The van der Waals surface area contributed by atoms with Gasteiger partial charge in [0, 0.05) is 17.3 Å². The second-order valence-corrected chi connectivity index (χ2v) is 7.61. The lowest BCUT2D eigenvalue weighted by Crippen LogP contribution is -2.35. The van der Waals surface area contributed by atoms with Crippen LogP contribution in [0.25, 0.3) is 11.4 Å². The SMILES string of the molecule is CCc1ccc(-c2nc(SCC(=O)NC(=O)Nc3ccc4c(c3)OCCO4)n[nH]2)cc1. The highest BCUT2D eigenvalue weighted by atomic mass is 32.2. The van der Waals surface area contributed by atoms with Gasteiger partial charge < -0.3 is 14.8 Å². The Hall–Kier alpha value is -3.53. The third-order valence-electron chi connectivity index (χ3n) is 4.49. The van der Waals surface area contributed by atoms with Crippen LogP contribution < -0.4 is 20.1 Å². The van der Waals surface area contributed by atoms with Gasteiger partial charge in [-0.05, 0) is 24.1 Å². The Morgan fingerprint density at radius 2 is 1.87 bits per heavy atom. The number of rotatable bonds is 6. The molecule has 0 radical (unpaired) electrons. The molecule has 0 saturated heterocycles. The van der Waals surface area contributed by atoms with Gasteiger partial charge in [0.1, 0.15) is 13.2 Å². The summed E-state index contributed by atoms with van der Waals surface area (Å²) in [6.07, 6.45) is 0.967. The smallest absolute Gasteiger partial charge is 0.325 e. The summed E-state index contributed by atoms with van der Waals surface area (Å²) < 4.78 is 10.9. The van der Waals surface area contributed by atoms with Crippen molar-refractivity contribution < 1.29 is 19.1 Å². The standard InChI is InChI=1S/C21H21N5O4S/c1-2-13-3-5-14(6-4-13)19-24-21(26-25-19)31-12-18(27)23-20(28)22-15-7-8-16-17(11-15)30-10-9-29-16/h3-8,11H,2,9-10,12H2,1H3,(H,24,25,26)(H2,22,23,27,28). The summed E-state index contributed by atoms with van der Waals surface area (Å²) in [6.45, 7) is 3.04. The Balaban J connectivity index is 1.26. The minimum absolute atomic E-state index is 0.000620. The van der Waals surface area contributed by atoms with Crippen molar-refractivity contribution >= 4 is 29.4 Å². The van der Waals surface area contributed by atoms with E-state index in [0.29, 0.717) is 41.4 Å². The van der Waals surface area contributed by atoms with Gasteiger partial charge in [0.05, 0.1) is 5.75 Å². The van der Waals surface area contributed by atoms with E-state index < -0.39 is 11.9 Å². The fraction of sp³-hybridized carbons (Fsp3) is 0.238. The Morgan fingerprint density at radius 3 is 2.65 bits per heavy atom. The van der Waals surface area contributed by atoms with Crippen LogP contribution in [0.4, 0.5) is 10.5 Å². The molecule has 4 rings (SSSR count). The van der Waals surface area contributed by atoms with Crippen LogP contribution in [-0.4, -0.2) is 46.1 Å². The fourth-order valence-corrected chi connectivity index (χ4v) is 3.51. The van der Waals surface area contributed by atoms with Crippen molar-refractivity contribution in [3.05, 3.63) is 48.0 Å². The molecule has 0 spiro atoms. The molecule has 31 heavy (non-hydrogen) atoms. The van der Waals surface area contributed by atoms with Crippen LogP contribution in [0.3, 0.4) is 0 Å². The highest BCUT2D eigenvalue weighted by Gasteiger charge is 2.15. The highest BCUT2D eigenvalue weighted by Crippen LogP contribution is 2.32. The monoisotopic (exact) mass is 439 g/mol. The van der Waals surface area contributed by atoms with Crippen LogP contribution >= 0.6 is 11.8 Å². The topological polar surface area (TPSA) is 118 Å². The van der Waals surface area contributed by atoms with Crippen LogP contribution in [0.1, 0.15) is 12.5 Å². The first-order valence-corrected chi connectivity index (χ1v) is 10.7. The Bertz CT molecular complexity index is 1080. The average Bonchev–Trinajstić information content (AvgIpc) is 3.27. The number of ether oxygens (including phenoxy) is 2. The molecule has 3 aromatic rings. The van der Waals surface area contributed by atoms with Gasteiger partial charge in [0.25, 0.3) is 0 Å². The molecule has 160 valence electrons. The first-order chi connectivity index (χ1) is 15.1. The number of benzene rings is 2. The van der Waals surface area contributed by atoms with Gasteiger partial charge in [0.2, 0.25) is 11.1 Å². The zero-order valence-corrected chi connectivity index (χ0v) is 17.6.